The Morgan fingerprint density at radius 2 is 1.89 bits per heavy atom. The number of hydrogen-bond donors (Lipinski definition) is 1. The maximum Gasteiger partial charge on any atom is 0.256 e. The second-order valence-corrected chi connectivity index (χ2v) is 5.25. The fourth-order valence-electron chi connectivity index (χ4n) is 1.76. The summed E-state index contributed by atoms with van der Waals surface area (Å²) in [5.74, 6) is -0.734. The smallest absolute Gasteiger partial charge is 0.256 e. The van der Waals surface area contributed by atoms with Gasteiger partial charge in [0.1, 0.15) is 5.82 Å². The van der Waals surface area contributed by atoms with Gasteiger partial charge in [-0.05, 0) is 65.2 Å². The summed E-state index contributed by atoms with van der Waals surface area (Å²) >= 11 is 3.38. The van der Waals surface area contributed by atoms with Crippen LogP contribution in [-0.4, -0.2) is 5.91 Å². The van der Waals surface area contributed by atoms with E-state index in [1.165, 1.54) is 12.1 Å². The molecule has 0 aromatic heterocycles. The number of rotatable bonds is 2. The molecule has 0 radical (unpaired) electrons. The summed E-state index contributed by atoms with van der Waals surface area (Å²) < 4.78 is 14.0. The van der Waals surface area contributed by atoms with Crippen LogP contribution in [0, 0.1) is 19.7 Å². The first-order valence-corrected chi connectivity index (χ1v) is 6.60. The molecule has 0 saturated carbocycles. The summed E-state index contributed by atoms with van der Waals surface area (Å²) in [5, 5.41) is 2.78. The Balaban J connectivity index is 2.30. The van der Waals surface area contributed by atoms with E-state index in [2.05, 4.69) is 21.2 Å². The molecule has 98 valence electrons. The first-order chi connectivity index (χ1) is 8.97. The number of benzene rings is 2. The quantitative estimate of drug-likeness (QED) is 0.869. The van der Waals surface area contributed by atoms with Crippen molar-refractivity contribution in [2.24, 2.45) is 0 Å². The van der Waals surface area contributed by atoms with Gasteiger partial charge in [-0.25, -0.2) is 4.39 Å². The number of aryl methyl sites for hydroxylation is 2. The van der Waals surface area contributed by atoms with E-state index < -0.39 is 5.82 Å². The zero-order chi connectivity index (χ0) is 14.0. The zero-order valence-corrected chi connectivity index (χ0v) is 12.2. The van der Waals surface area contributed by atoms with Crippen LogP contribution in [-0.2, 0) is 0 Å². The van der Waals surface area contributed by atoms with Crippen molar-refractivity contribution < 1.29 is 9.18 Å². The van der Waals surface area contributed by atoms with E-state index in [1.807, 2.05) is 25.1 Å². The van der Waals surface area contributed by atoms with E-state index in [0.717, 1.165) is 15.6 Å². The molecule has 0 atom stereocenters. The molecule has 0 fully saturated rings. The molecule has 0 bridgehead atoms. The van der Waals surface area contributed by atoms with Gasteiger partial charge in [0.25, 0.3) is 5.91 Å². The van der Waals surface area contributed by atoms with Crippen molar-refractivity contribution >= 4 is 27.5 Å². The number of carbonyl (C=O) groups excluding carboxylic acids is 1. The minimum atomic E-state index is -0.418. The number of halogens is 2. The van der Waals surface area contributed by atoms with Gasteiger partial charge in [0.15, 0.2) is 0 Å². The molecule has 2 rings (SSSR count). The first-order valence-electron chi connectivity index (χ1n) is 5.81. The Labute approximate surface area is 119 Å². The van der Waals surface area contributed by atoms with Crippen molar-refractivity contribution in [3.8, 4) is 0 Å². The van der Waals surface area contributed by atoms with Crippen LogP contribution in [0.5, 0.6) is 0 Å². The molecule has 19 heavy (non-hydrogen) atoms. The van der Waals surface area contributed by atoms with Crippen molar-refractivity contribution in [1.82, 2.24) is 0 Å². The zero-order valence-electron chi connectivity index (χ0n) is 10.6. The third-order valence-electron chi connectivity index (χ3n) is 2.81. The summed E-state index contributed by atoms with van der Waals surface area (Å²) in [7, 11) is 0. The van der Waals surface area contributed by atoms with Crippen molar-refractivity contribution in [2.75, 3.05) is 5.32 Å². The Morgan fingerprint density at radius 1 is 1.16 bits per heavy atom. The van der Waals surface area contributed by atoms with Crippen LogP contribution in [0.25, 0.3) is 0 Å². The minimum absolute atomic E-state index is 0.316. The average molecular weight is 322 g/mol. The van der Waals surface area contributed by atoms with Gasteiger partial charge in [-0.1, -0.05) is 12.1 Å². The molecule has 2 aromatic carbocycles. The van der Waals surface area contributed by atoms with Gasteiger partial charge in [-0.15, -0.1) is 0 Å². The molecule has 0 aliphatic carbocycles. The first kappa shape index (κ1) is 13.7. The fourth-order valence-corrected chi connectivity index (χ4v) is 2.11. The molecule has 0 aliphatic rings. The third kappa shape index (κ3) is 3.20. The van der Waals surface area contributed by atoms with Crippen LogP contribution in [0.2, 0.25) is 0 Å². The summed E-state index contributed by atoms with van der Waals surface area (Å²) in [4.78, 5) is 12.2. The molecule has 4 heteroatoms. The van der Waals surface area contributed by atoms with Crippen LogP contribution >= 0.6 is 15.9 Å². The van der Waals surface area contributed by atoms with Gasteiger partial charge in [0.2, 0.25) is 0 Å². The number of carbonyl (C=O) groups is 1. The highest BCUT2D eigenvalue weighted by Crippen LogP contribution is 2.24. The lowest BCUT2D eigenvalue weighted by atomic mass is 10.1. The van der Waals surface area contributed by atoms with Crippen molar-refractivity contribution in [2.45, 2.75) is 13.8 Å². The molecule has 0 saturated heterocycles. The third-order valence-corrected chi connectivity index (χ3v) is 3.51. The summed E-state index contributed by atoms with van der Waals surface area (Å²) in [6.07, 6.45) is 0. The molecule has 2 aromatic rings. The Kier molecular flexibility index (Phi) is 4.00. The maximum absolute atomic E-state index is 13.2. The minimum Gasteiger partial charge on any atom is -0.321 e. The van der Waals surface area contributed by atoms with Gasteiger partial charge < -0.3 is 5.32 Å². The number of hydrogen-bond acceptors (Lipinski definition) is 1. The molecule has 0 unspecified atom stereocenters. The Hall–Kier alpha value is -1.68. The summed E-state index contributed by atoms with van der Waals surface area (Å²) in [5.41, 5.74) is 2.79. The SMILES string of the molecule is Cc1ccc(Br)c(NC(=O)c2cc(F)ccc2C)c1. The lowest BCUT2D eigenvalue weighted by Gasteiger charge is -2.10. The van der Waals surface area contributed by atoms with E-state index in [1.54, 1.807) is 13.0 Å². The highest BCUT2D eigenvalue weighted by atomic mass is 79.9. The molecule has 0 aliphatic heterocycles. The van der Waals surface area contributed by atoms with Gasteiger partial charge in [-0.2, -0.15) is 0 Å². The van der Waals surface area contributed by atoms with E-state index in [0.29, 0.717) is 11.3 Å². The second-order valence-electron chi connectivity index (χ2n) is 4.40. The van der Waals surface area contributed by atoms with Crippen LogP contribution in [0.1, 0.15) is 21.5 Å². The number of anilines is 1. The summed E-state index contributed by atoms with van der Waals surface area (Å²) in [6, 6.07) is 9.84. The molecule has 1 amide bonds. The lowest BCUT2D eigenvalue weighted by Crippen LogP contribution is -2.14. The maximum atomic E-state index is 13.2. The van der Waals surface area contributed by atoms with E-state index in [4.69, 9.17) is 0 Å². The standard InChI is InChI=1S/C15H13BrFNO/c1-9-3-6-13(16)14(7-9)18-15(19)12-8-11(17)5-4-10(12)2/h3-8H,1-2H3,(H,18,19). The molecule has 0 spiro atoms. The van der Waals surface area contributed by atoms with Gasteiger partial charge in [-0.3, -0.25) is 4.79 Å². The molecular formula is C15H13BrFNO. The average Bonchev–Trinajstić information content (AvgIpc) is 2.36. The van der Waals surface area contributed by atoms with Crippen molar-refractivity contribution in [3.63, 3.8) is 0 Å². The Morgan fingerprint density at radius 3 is 2.63 bits per heavy atom. The van der Waals surface area contributed by atoms with Crippen molar-refractivity contribution in [1.29, 1.82) is 0 Å². The van der Waals surface area contributed by atoms with Crippen LogP contribution in [0.4, 0.5) is 10.1 Å². The van der Waals surface area contributed by atoms with Crippen molar-refractivity contribution in [3.05, 3.63) is 63.4 Å². The largest absolute Gasteiger partial charge is 0.321 e. The monoisotopic (exact) mass is 321 g/mol. The van der Waals surface area contributed by atoms with E-state index in [9.17, 15) is 9.18 Å². The normalized spacial score (nSPS) is 10.3. The van der Waals surface area contributed by atoms with E-state index in [-0.39, 0.29) is 5.91 Å². The van der Waals surface area contributed by atoms with Crippen LogP contribution in [0.3, 0.4) is 0 Å². The Bertz CT molecular complexity index is 640. The highest BCUT2D eigenvalue weighted by molar-refractivity contribution is 9.10. The predicted molar refractivity (Wildman–Crippen MR) is 78.0 cm³/mol. The fraction of sp³-hybridized carbons (Fsp3) is 0.133. The van der Waals surface area contributed by atoms with Gasteiger partial charge in [0, 0.05) is 10.0 Å². The highest BCUT2D eigenvalue weighted by Gasteiger charge is 2.12. The molecular weight excluding hydrogens is 309 g/mol. The second kappa shape index (κ2) is 5.53. The molecule has 0 heterocycles. The van der Waals surface area contributed by atoms with Gasteiger partial charge >= 0.3 is 0 Å². The number of nitrogens with one attached hydrogen (secondary N) is 1. The topological polar surface area (TPSA) is 29.1 Å². The predicted octanol–water partition coefficient (Wildman–Crippen LogP) is 4.46. The van der Waals surface area contributed by atoms with E-state index >= 15 is 0 Å². The van der Waals surface area contributed by atoms with Crippen LogP contribution < -0.4 is 5.32 Å². The lowest BCUT2D eigenvalue weighted by molar-refractivity contribution is 0.102. The molecule has 1 N–H and O–H groups in total. The van der Waals surface area contributed by atoms with Crippen LogP contribution in [0.15, 0.2) is 40.9 Å². The molecule has 2 nitrogen and oxygen atoms in total. The van der Waals surface area contributed by atoms with Gasteiger partial charge in [0.05, 0.1) is 5.69 Å². The summed E-state index contributed by atoms with van der Waals surface area (Å²) in [6.45, 7) is 3.72. The number of amides is 1.